The van der Waals surface area contributed by atoms with E-state index in [1.807, 2.05) is 0 Å². The molecule has 170 valence electrons. The molecule has 1 atom stereocenters. The molecule has 0 bridgehead atoms. The molecule has 2 aromatic carbocycles. The summed E-state index contributed by atoms with van der Waals surface area (Å²) in [6.45, 7) is 0.306. The van der Waals surface area contributed by atoms with E-state index in [2.05, 4.69) is 0 Å². The molecule has 2 N–H and O–H groups in total. The van der Waals surface area contributed by atoms with Gasteiger partial charge in [0.1, 0.15) is 17.2 Å². The molecule has 8 nitrogen and oxygen atoms in total. The molecular weight excluding hydrogens is 437 g/mol. The number of carbonyl (C=O) groups excluding carboxylic acids is 1. The van der Waals surface area contributed by atoms with E-state index in [-0.39, 0.29) is 17.4 Å². The number of amides is 1. The zero-order valence-corrected chi connectivity index (χ0v) is 18.8. The maximum Gasteiger partial charge on any atom is 0.272 e. The number of hydrogen-bond donors (Lipinski definition) is 1. The van der Waals surface area contributed by atoms with Crippen LogP contribution in [-0.4, -0.2) is 46.3 Å². The molecule has 1 unspecified atom stereocenters. The number of hydrazine groups is 1. The SMILES string of the molecule is COC1CCCN(S(C)(=O)=O)c2cc3oc(-c4ccc(F)cc4)c(C(=O)N(C)N)c3cc21. The van der Waals surface area contributed by atoms with Crippen molar-refractivity contribution in [2.45, 2.75) is 18.9 Å². The van der Waals surface area contributed by atoms with Crippen LogP contribution in [0.5, 0.6) is 0 Å². The lowest BCUT2D eigenvalue weighted by atomic mass is 9.99. The van der Waals surface area contributed by atoms with Crippen molar-refractivity contribution < 1.29 is 26.8 Å². The van der Waals surface area contributed by atoms with Gasteiger partial charge in [-0.1, -0.05) is 0 Å². The summed E-state index contributed by atoms with van der Waals surface area (Å²) in [7, 11) is -0.571. The Morgan fingerprint density at radius 1 is 1.28 bits per heavy atom. The zero-order valence-electron chi connectivity index (χ0n) is 18.0. The van der Waals surface area contributed by atoms with Crippen LogP contribution in [0.2, 0.25) is 0 Å². The van der Waals surface area contributed by atoms with Gasteiger partial charge in [0.2, 0.25) is 10.0 Å². The second-order valence-electron chi connectivity index (χ2n) is 7.84. The quantitative estimate of drug-likeness (QED) is 0.363. The van der Waals surface area contributed by atoms with Gasteiger partial charge in [-0.25, -0.2) is 18.7 Å². The van der Waals surface area contributed by atoms with Crippen LogP contribution >= 0.6 is 0 Å². The lowest BCUT2D eigenvalue weighted by Gasteiger charge is -2.23. The van der Waals surface area contributed by atoms with Crippen LogP contribution in [0, 0.1) is 5.82 Å². The number of methoxy groups -OCH3 is 1. The highest BCUT2D eigenvalue weighted by atomic mass is 32.2. The third-order valence-electron chi connectivity index (χ3n) is 5.61. The second-order valence-corrected chi connectivity index (χ2v) is 9.74. The molecule has 3 aromatic rings. The number of anilines is 1. The number of benzene rings is 2. The monoisotopic (exact) mass is 461 g/mol. The molecular formula is C22H24FN3O5S. The number of nitrogens with two attached hydrogens (primary N) is 1. The van der Waals surface area contributed by atoms with E-state index >= 15 is 0 Å². The highest BCUT2D eigenvalue weighted by Crippen LogP contribution is 2.42. The van der Waals surface area contributed by atoms with Crippen molar-refractivity contribution in [3.8, 4) is 11.3 Å². The molecule has 4 rings (SSSR count). The Labute approximate surface area is 185 Å². The summed E-state index contributed by atoms with van der Waals surface area (Å²) in [5.74, 6) is 5.06. The van der Waals surface area contributed by atoms with Crippen molar-refractivity contribution in [2.24, 2.45) is 5.84 Å². The predicted octanol–water partition coefficient (Wildman–Crippen LogP) is 3.43. The van der Waals surface area contributed by atoms with Gasteiger partial charge in [0.05, 0.1) is 23.6 Å². The van der Waals surface area contributed by atoms with Gasteiger partial charge in [-0.2, -0.15) is 0 Å². The first-order chi connectivity index (χ1) is 15.1. The van der Waals surface area contributed by atoms with Gasteiger partial charge >= 0.3 is 0 Å². The van der Waals surface area contributed by atoms with Crippen LogP contribution in [0.3, 0.4) is 0 Å². The summed E-state index contributed by atoms with van der Waals surface area (Å²) >= 11 is 0. The minimum absolute atomic E-state index is 0.212. The number of furan rings is 1. The van der Waals surface area contributed by atoms with Crippen LogP contribution in [0.1, 0.15) is 34.9 Å². The van der Waals surface area contributed by atoms with Crippen molar-refractivity contribution in [3.05, 3.63) is 53.3 Å². The zero-order chi connectivity index (χ0) is 23.2. The fourth-order valence-electron chi connectivity index (χ4n) is 4.10. The maximum atomic E-state index is 13.5. The molecule has 0 aliphatic carbocycles. The smallest absolute Gasteiger partial charge is 0.272 e. The Balaban J connectivity index is 2.05. The van der Waals surface area contributed by atoms with Gasteiger partial charge in [0.25, 0.3) is 5.91 Å². The number of ether oxygens (including phenoxy) is 1. The summed E-state index contributed by atoms with van der Waals surface area (Å²) < 4.78 is 51.5. The number of fused-ring (bicyclic) bond motifs is 2. The summed E-state index contributed by atoms with van der Waals surface area (Å²) in [6, 6.07) is 8.89. The third-order valence-corrected chi connectivity index (χ3v) is 6.79. The lowest BCUT2D eigenvalue weighted by Crippen LogP contribution is -2.33. The average Bonchev–Trinajstić information content (AvgIpc) is 2.99. The fraction of sp³-hybridized carbons (Fsp3) is 0.318. The summed E-state index contributed by atoms with van der Waals surface area (Å²) in [6.07, 6.45) is 2.02. The molecule has 1 amide bonds. The van der Waals surface area contributed by atoms with Gasteiger partial charge in [-0.15, -0.1) is 0 Å². The van der Waals surface area contributed by atoms with Crippen LogP contribution < -0.4 is 10.1 Å². The van der Waals surface area contributed by atoms with Crippen molar-refractivity contribution in [3.63, 3.8) is 0 Å². The van der Waals surface area contributed by atoms with E-state index < -0.39 is 21.7 Å². The van der Waals surface area contributed by atoms with Gasteiger partial charge in [-0.3, -0.25) is 14.1 Å². The molecule has 0 saturated heterocycles. The Kier molecular flexibility index (Phi) is 5.70. The van der Waals surface area contributed by atoms with Gasteiger partial charge < -0.3 is 9.15 Å². The van der Waals surface area contributed by atoms with Gasteiger partial charge in [-0.05, 0) is 43.2 Å². The molecule has 0 radical (unpaired) electrons. The number of nitrogens with zero attached hydrogens (tertiary/aromatic N) is 2. The molecule has 0 spiro atoms. The summed E-state index contributed by atoms with van der Waals surface area (Å²) in [4.78, 5) is 13.0. The first-order valence-electron chi connectivity index (χ1n) is 10.0. The lowest BCUT2D eigenvalue weighted by molar-refractivity contribution is 0.0797. The summed E-state index contributed by atoms with van der Waals surface area (Å²) in [5, 5.41) is 1.42. The molecule has 1 aliphatic heterocycles. The molecule has 0 saturated carbocycles. The van der Waals surface area contributed by atoms with Crippen LogP contribution in [0.15, 0.2) is 40.8 Å². The fourth-order valence-corrected chi connectivity index (χ4v) is 5.08. The van der Waals surface area contributed by atoms with Crippen molar-refractivity contribution >= 4 is 32.6 Å². The van der Waals surface area contributed by atoms with E-state index in [0.29, 0.717) is 47.2 Å². The Morgan fingerprint density at radius 2 is 1.97 bits per heavy atom. The van der Waals surface area contributed by atoms with Crippen LogP contribution in [0.25, 0.3) is 22.3 Å². The van der Waals surface area contributed by atoms with E-state index in [4.69, 9.17) is 15.0 Å². The highest BCUT2D eigenvalue weighted by molar-refractivity contribution is 7.92. The second kappa shape index (κ2) is 8.19. The standard InChI is InChI=1S/C22H24FN3O5S/c1-25(24)22(27)20-16-11-15-17(26(32(3,28)29)10-4-5-18(15)30-2)12-19(16)31-21(20)13-6-8-14(23)9-7-13/h6-9,11-12,18H,4-5,10,24H2,1-3H3. The van der Waals surface area contributed by atoms with Crippen molar-refractivity contribution in [1.82, 2.24) is 5.01 Å². The number of rotatable bonds is 4. The Hall–Kier alpha value is -2.95. The van der Waals surface area contributed by atoms with Crippen LogP contribution in [-0.2, 0) is 14.8 Å². The largest absolute Gasteiger partial charge is 0.455 e. The van der Waals surface area contributed by atoms with E-state index in [9.17, 15) is 17.6 Å². The van der Waals surface area contributed by atoms with Gasteiger partial charge in [0, 0.05) is 43.3 Å². The van der Waals surface area contributed by atoms with E-state index in [0.717, 1.165) is 11.3 Å². The molecule has 0 fully saturated rings. The number of halogens is 1. The number of sulfonamides is 1. The maximum absolute atomic E-state index is 13.5. The molecule has 1 aliphatic rings. The van der Waals surface area contributed by atoms with Crippen molar-refractivity contribution in [1.29, 1.82) is 0 Å². The highest BCUT2D eigenvalue weighted by Gasteiger charge is 2.31. The third kappa shape index (κ3) is 3.85. The molecule has 32 heavy (non-hydrogen) atoms. The minimum atomic E-state index is -3.55. The predicted molar refractivity (Wildman–Crippen MR) is 119 cm³/mol. The topological polar surface area (TPSA) is 106 Å². The van der Waals surface area contributed by atoms with E-state index in [1.54, 1.807) is 19.2 Å². The summed E-state index contributed by atoms with van der Waals surface area (Å²) in [5.41, 5.74) is 2.11. The molecule has 10 heteroatoms. The molecule has 2 heterocycles. The Bertz CT molecular complexity index is 1290. The average molecular weight is 462 g/mol. The van der Waals surface area contributed by atoms with E-state index in [1.165, 1.54) is 35.6 Å². The molecule has 1 aromatic heterocycles. The number of hydrogen-bond acceptors (Lipinski definition) is 6. The Morgan fingerprint density at radius 3 is 2.56 bits per heavy atom. The number of carbonyl (C=O) groups is 1. The van der Waals surface area contributed by atoms with Crippen LogP contribution in [0.4, 0.5) is 10.1 Å². The van der Waals surface area contributed by atoms with Crippen molar-refractivity contribution in [2.75, 3.05) is 31.3 Å². The minimum Gasteiger partial charge on any atom is -0.455 e. The normalized spacial score (nSPS) is 16.7. The first-order valence-corrected chi connectivity index (χ1v) is 11.9. The van der Waals surface area contributed by atoms with Gasteiger partial charge in [0.15, 0.2) is 0 Å². The first kappa shape index (κ1) is 22.3.